The van der Waals surface area contributed by atoms with Crippen LogP contribution in [0.2, 0.25) is 0 Å². The fourth-order valence-electron chi connectivity index (χ4n) is 4.21. The van der Waals surface area contributed by atoms with Crippen molar-refractivity contribution in [1.29, 1.82) is 0 Å². The summed E-state index contributed by atoms with van der Waals surface area (Å²) >= 11 is 0. The molecule has 1 aliphatic heterocycles. The predicted octanol–water partition coefficient (Wildman–Crippen LogP) is 4.82. The van der Waals surface area contributed by atoms with E-state index >= 15 is 0 Å². The average molecular weight is 411 g/mol. The number of benzene rings is 1. The second-order valence-corrected chi connectivity index (χ2v) is 8.37. The fraction of sp³-hybridized carbons (Fsp3) is 0.480. The Hall–Kier alpha value is -2.69. The molecular formula is C25H30O5. The molecule has 3 rings (SSSR count). The molecule has 0 aromatic heterocycles. The summed E-state index contributed by atoms with van der Waals surface area (Å²) in [6.07, 6.45) is 9.05. The summed E-state index contributed by atoms with van der Waals surface area (Å²) in [7, 11) is 0. The molecule has 2 aliphatic rings. The summed E-state index contributed by atoms with van der Waals surface area (Å²) in [6.45, 7) is 4.14. The van der Waals surface area contributed by atoms with Gasteiger partial charge in [0.2, 0.25) is 0 Å². The zero-order valence-electron chi connectivity index (χ0n) is 17.7. The standard InChI is InChI=1S/C25H30O5/c1-17(2)9-5-3-8-12-19(26)13-14-20-21-15-24(27)29-23(21)16-22(20)30-25(28)18-10-6-4-7-11-18/h4,6-7,9-11,13-14,20-23H,3,5,8,12,15-16H2,1-2H3/b14-13+/t20-,21?,22?,23?/m1/s1. The summed E-state index contributed by atoms with van der Waals surface area (Å²) < 4.78 is 11.1. The van der Waals surface area contributed by atoms with Crippen molar-refractivity contribution in [2.45, 2.75) is 64.6 Å². The van der Waals surface area contributed by atoms with Crippen LogP contribution in [-0.2, 0) is 19.1 Å². The first-order chi connectivity index (χ1) is 14.4. The van der Waals surface area contributed by atoms with Crippen molar-refractivity contribution in [3.63, 3.8) is 0 Å². The smallest absolute Gasteiger partial charge is 0.338 e. The van der Waals surface area contributed by atoms with E-state index in [-0.39, 0.29) is 29.7 Å². The number of ether oxygens (including phenoxy) is 2. The van der Waals surface area contributed by atoms with Crippen molar-refractivity contribution in [3.8, 4) is 0 Å². The third kappa shape index (κ3) is 5.91. The van der Waals surface area contributed by atoms with Gasteiger partial charge in [-0.05, 0) is 51.3 Å². The molecule has 1 heterocycles. The highest BCUT2D eigenvalue weighted by Crippen LogP contribution is 2.43. The normalized spacial score (nSPS) is 25.1. The van der Waals surface area contributed by atoms with Gasteiger partial charge in [-0.1, -0.05) is 35.9 Å². The van der Waals surface area contributed by atoms with Gasteiger partial charge in [0.05, 0.1) is 12.0 Å². The van der Waals surface area contributed by atoms with E-state index < -0.39 is 12.1 Å². The van der Waals surface area contributed by atoms with Gasteiger partial charge in [0, 0.05) is 24.7 Å². The maximum absolute atomic E-state index is 12.5. The van der Waals surface area contributed by atoms with Crippen molar-refractivity contribution in [2.75, 3.05) is 0 Å². The van der Waals surface area contributed by atoms with Crippen LogP contribution in [0.25, 0.3) is 0 Å². The molecular weight excluding hydrogens is 380 g/mol. The third-order valence-electron chi connectivity index (χ3n) is 5.75. The van der Waals surface area contributed by atoms with E-state index in [1.54, 1.807) is 30.3 Å². The Kier molecular flexibility index (Phi) is 7.61. The minimum Gasteiger partial charge on any atom is -0.462 e. The number of unbranched alkanes of at least 4 members (excludes halogenated alkanes) is 2. The number of esters is 2. The van der Waals surface area contributed by atoms with Gasteiger partial charge in [-0.3, -0.25) is 9.59 Å². The molecule has 0 bridgehead atoms. The Morgan fingerprint density at radius 3 is 2.67 bits per heavy atom. The van der Waals surface area contributed by atoms with E-state index in [1.807, 2.05) is 12.1 Å². The number of fused-ring (bicyclic) bond motifs is 1. The molecule has 4 atom stereocenters. The van der Waals surface area contributed by atoms with Crippen LogP contribution in [0.1, 0.15) is 62.7 Å². The van der Waals surface area contributed by atoms with Crippen LogP contribution in [0.4, 0.5) is 0 Å². The summed E-state index contributed by atoms with van der Waals surface area (Å²) in [5, 5.41) is 0. The van der Waals surface area contributed by atoms with Gasteiger partial charge < -0.3 is 9.47 Å². The lowest BCUT2D eigenvalue weighted by Crippen LogP contribution is -2.24. The maximum Gasteiger partial charge on any atom is 0.338 e. The van der Waals surface area contributed by atoms with Crippen molar-refractivity contribution in [3.05, 3.63) is 59.7 Å². The van der Waals surface area contributed by atoms with Crippen LogP contribution in [-0.4, -0.2) is 29.9 Å². The Morgan fingerprint density at radius 2 is 1.93 bits per heavy atom. The average Bonchev–Trinajstić information content (AvgIpc) is 3.22. The Balaban J connectivity index is 1.59. The molecule has 0 amide bonds. The van der Waals surface area contributed by atoms with Crippen molar-refractivity contribution < 1.29 is 23.9 Å². The third-order valence-corrected chi connectivity index (χ3v) is 5.75. The first kappa shape index (κ1) is 22.0. The van der Waals surface area contributed by atoms with Crippen LogP contribution < -0.4 is 0 Å². The molecule has 160 valence electrons. The van der Waals surface area contributed by atoms with E-state index in [0.29, 0.717) is 24.8 Å². The molecule has 3 unspecified atom stereocenters. The second kappa shape index (κ2) is 10.4. The van der Waals surface area contributed by atoms with Gasteiger partial charge in [-0.2, -0.15) is 0 Å². The molecule has 30 heavy (non-hydrogen) atoms. The summed E-state index contributed by atoms with van der Waals surface area (Å²) in [6, 6.07) is 8.83. The molecule has 2 fully saturated rings. The molecule has 1 saturated heterocycles. The van der Waals surface area contributed by atoms with Gasteiger partial charge in [0.25, 0.3) is 0 Å². The highest BCUT2D eigenvalue weighted by molar-refractivity contribution is 5.90. The monoisotopic (exact) mass is 410 g/mol. The topological polar surface area (TPSA) is 69.7 Å². The van der Waals surface area contributed by atoms with Gasteiger partial charge in [-0.15, -0.1) is 0 Å². The largest absolute Gasteiger partial charge is 0.462 e. The van der Waals surface area contributed by atoms with Crippen molar-refractivity contribution in [2.24, 2.45) is 11.8 Å². The molecule has 1 aromatic carbocycles. The molecule has 5 nitrogen and oxygen atoms in total. The van der Waals surface area contributed by atoms with E-state index in [1.165, 1.54) is 5.57 Å². The highest BCUT2D eigenvalue weighted by atomic mass is 16.6. The van der Waals surface area contributed by atoms with Crippen LogP contribution in [0.5, 0.6) is 0 Å². The zero-order chi connectivity index (χ0) is 21.5. The van der Waals surface area contributed by atoms with Gasteiger partial charge >= 0.3 is 11.9 Å². The molecule has 0 radical (unpaired) electrons. The Bertz CT molecular complexity index is 819. The fourth-order valence-corrected chi connectivity index (χ4v) is 4.21. The Morgan fingerprint density at radius 1 is 1.17 bits per heavy atom. The maximum atomic E-state index is 12.5. The van der Waals surface area contributed by atoms with Gasteiger partial charge in [0.1, 0.15) is 12.2 Å². The predicted molar refractivity (Wildman–Crippen MR) is 114 cm³/mol. The van der Waals surface area contributed by atoms with E-state index in [4.69, 9.17) is 9.47 Å². The minimum atomic E-state index is -0.400. The van der Waals surface area contributed by atoms with E-state index in [9.17, 15) is 14.4 Å². The molecule has 1 aromatic rings. The first-order valence-electron chi connectivity index (χ1n) is 10.7. The first-order valence-corrected chi connectivity index (χ1v) is 10.7. The number of carbonyl (C=O) groups is 3. The van der Waals surface area contributed by atoms with Crippen LogP contribution in [0, 0.1) is 11.8 Å². The summed E-state index contributed by atoms with van der Waals surface area (Å²) in [5.41, 5.74) is 1.78. The summed E-state index contributed by atoms with van der Waals surface area (Å²) in [5.74, 6) is -0.789. The summed E-state index contributed by atoms with van der Waals surface area (Å²) in [4.78, 5) is 36.5. The van der Waals surface area contributed by atoms with Crippen LogP contribution in [0.15, 0.2) is 54.1 Å². The molecule has 1 saturated carbocycles. The van der Waals surface area contributed by atoms with E-state index in [0.717, 1.165) is 19.3 Å². The van der Waals surface area contributed by atoms with Crippen molar-refractivity contribution >= 4 is 17.7 Å². The lowest BCUT2D eigenvalue weighted by atomic mass is 9.91. The number of ketones is 1. The SMILES string of the molecule is CC(C)=CCCCCC(=O)/C=C/[C@H]1C(OC(=O)c2ccccc2)CC2OC(=O)CC21. The second-order valence-electron chi connectivity index (χ2n) is 8.37. The van der Waals surface area contributed by atoms with Gasteiger partial charge in [-0.25, -0.2) is 4.79 Å². The lowest BCUT2D eigenvalue weighted by molar-refractivity contribution is -0.141. The lowest BCUT2D eigenvalue weighted by Gasteiger charge is -2.20. The molecule has 0 N–H and O–H groups in total. The number of allylic oxidation sites excluding steroid dienone is 3. The zero-order valence-corrected chi connectivity index (χ0v) is 17.7. The van der Waals surface area contributed by atoms with E-state index in [2.05, 4.69) is 19.9 Å². The van der Waals surface area contributed by atoms with Crippen LogP contribution >= 0.6 is 0 Å². The number of carbonyl (C=O) groups excluding carboxylic acids is 3. The Labute approximate surface area is 178 Å². The number of hydrogen-bond acceptors (Lipinski definition) is 5. The highest BCUT2D eigenvalue weighted by Gasteiger charge is 2.50. The molecule has 0 spiro atoms. The minimum absolute atomic E-state index is 0.0483. The van der Waals surface area contributed by atoms with Gasteiger partial charge in [0.15, 0.2) is 5.78 Å². The molecule has 1 aliphatic carbocycles. The van der Waals surface area contributed by atoms with Crippen molar-refractivity contribution in [1.82, 2.24) is 0 Å². The number of rotatable bonds is 9. The van der Waals surface area contributed by atoms with Crippen LogP contribution in [0.3, 0.4) is 0 Å². The quantitative estimate of drug-likeness (QED) is 0.253. The number of hydrogen-bond donors (Lipinski definition) is 0. The molecule has 5 heteroatoms.